The highest BCUT2D eigenvalue weighted by Crippen LogP contribution is 2.15. The van der Waals surface area contributed by atoms with E-state index < -0.39 is 0 Å². The summed E-state index contributed by atoms with van der Waals surface area (Å²) in [6.45, 7) is 6.04. The number of carbonyl (C=O) groups excluding carboxylic acids is 1. The molecule has 0 aromatic carbocycles. The fourth-order valence-corrected chi connectivity index (χ4v) is 1.78. The summed E-state index contributed by atoms with van der Waals surface area (Å²) in [6, 6.07) is 3.56. The van der Waals surface area contributed by atoms with Gasteiger partial charge in [0.25, 0.3) is 5.91 Å². The van der Waals surface area contributed by atoms with Gasteiger partial charge in [-0.05, 0) is 25.5 Å². The molecule has 4 heteroatoms. The lowest BCUT2D eigenvalue weighted by molar-refractivity contribution is 0.0883. The molecule has 0 aliphatic rings. The van der Waals surface area contributed by atoms with Gasteiger partial charge in [-0.3, -0.25) is 4.79 Å². The van der Waals surface area contributed by atoms with Crippen LogP contribution in [0.1, 0.15) is 43.5 Å². The third-order valence-electron chi connectivity index (χ3n) is 2.72. The maximum absolute atomic E-state index is 11.9. The highest BCUT2D eigenvalue weighted by molar-refractivity contribution is 9.09. The SMILES string of the molecule is CCc1ccc(C(=O)NC(C)(CC)CBr)o1. The first-order chi connectivity index (χ1) is 7.54. The normalized spacial score (nSPS) is 14.5. The monoisotopic (exact) mass is 287 g/mol. The molecule has 0 saturated carbocycles. The number of furan rings is 1. The predicted octanol–water partition coefficient (Wildman–Crippen LogP) is 3.14. The zero-order valence-corrected chi connectivity index (χ0v) is 11.6. The van der Waals surface area contributed by atoms with Crippen molar-refractivity contribution in [1.82, 2.24) is 5.32 Å². The largest absolute Gasteiger partial charge is 0.456 e. The quantitative estimate of drug-likeness (QED) is 0.846. The van der Waals surface area contributed by atoms with Crippen molar-refractivity contribution >= 4 is 21.8 Å². The molecule has 1 unspecified atom stereocenters. The van der Waals surface area contributed by atoms with E-state index in [0.717, 1.165) is 23.9 Å². The van der Waals surface area contributed by atoms with E-state index in [1.54, 1.807) is 6.07 Å². The van der Waals surface area contributed by atoms with Crippen molar-refractivity contribution in [3.63, 3.8) is 0 Å². The van der Waals surface area contributed by atoms with Gasteiger partial charge in [-0.1, -0.05) is 29.8 Å². The van der Waals surface area contributed by atoms with E-state index in [0.29, 0.717) is 5.76 Å². The molecule has 0 spiro atoms. The van der Waals surface area contributed by atoms with Crippen LogP contribution in [0.15, 0.2) is 16.5 Å². The second-order valence-corrected chi connectivity index (χ2v) is 4.68. The number of amides is 1. The van der Waals surface area contributed by atoms with Gasteiger partial charge in [-0.15, -0.1) is 0 Å². The van der Waals surface area contributed by atoms with Gasteiger partial charge in [0.15, 0.2) is 5.76 Å². The Labute approximate surface area is 105 Å². The molecule has 0 saturated heterocycles. The smallest absolute Gasteiger partial charge is 0.287 e. The summed E-state index contributed by atoms with van der Waals surface area (Å²) in [6.07, 6.45) is 1.67. The minimum atomic E-state index is -0.226. The van der Waals surface area contributed by atoms with Crippen molar-refractivity contribution in [3.05, 3.63) is 23.7 Å². The van der Waals surface area contributed by atoms with E-state index in [9.17, 15) is 4.79 Å². The van der Waals surface area contributed by atoms with Crippen molar-refractivity contribution in [2.75, 3.05) is 5.33 Å². The van der Waals surface area contributed by atoms with E-state index >= 15 is 0 Å². The average molecular weight is 288 g/mol. The fourth-order valence-electron chi connectivity index (χ4n) is 1.24. The summed E-state index contributed by atoms with van der Waals surface area (Å²) in [5.41, 5.74) is -0.226. The van der Waals surface area contributed by atoms with E-state index in [2.05, 4.69) is 21.2 Å². The number of carbonyl (C=O) groups is 1. The third-order valence-corrected chi connectivity index (χ3v) is 3.96. The molecule has 0 aliphatic heterocycles. The molecule has 1 aromatic rings. The number of hydrogen-bond donors (Lipinski definition) is 1. The molecule has 0 aliphatic carbocycles. The topological polar surface area (TPSA) is 42.2 Å². The maximum Gasteiger partial charge on any atom is 0.287 e. The Morgan fingerprint density at radius 1 is 1.50 bits per heavy atom. The molecule has 0 bridgehead atoms. The van der Waals surface area contributed by atoms with Crippen LogP contribution in [-0.4, -0.2) is 16.8 Å². The van der Waals surface area contributed by atoms with Crippen LogP contribution in [0.5, 0.6) is 0 Å². The average Bonchev–Trinajstić information content (AvgIpc) is 2.77. The Morgan fingerprint density at radius 3 is 2.62 bits per heavy atom. The first kappa shape index (κ1) is 13.3. The Kier molecular flexibility index (Phi) is 4.59. The molecule has 3 nitrogen and oxygen atoms in total. The number of alkyl halides is 1. The first-order valence-electron chi connectivity index (χ1n) is 5.52. The minimum absolute atomic E-state index is 0.150. The molecular weight excluding hydrogens is 270 g/mol. The standard InChI is InChI=1S/C12H18BrNO2/c1-4-9-6-7-10(16-9)11(15)14-12(3,5-2)8-13/h6-7H,4-5,8H2,1-3H3,(H,14,15). The summed E-state index contributed by atoms with van der Waals surface area (Å²) in [5, 5.41) is 3.69. The molecule has 1 atom stereocenters. The molecule has 0 fully saturated rings. The van der Waals surface area contributed by atoms with Crippen molar-refractivity contribution < 1.29 is 9.21 Å². The fraction of sp³-hybridized carbons (Fsp3) is 0.583. The van der Waals surface area contributed by atoms with Crippen LogP contribution < -0.4 is 5.32 Å². The first-order valence-corrected chi connectivity index (χ1v) is 6.64. The molecule has 1 rings (SSSR count). The van der Waals surface area contributed by atoms with Crippen molar-refractivity contribution in [1.29, 1.82) is 0 Å². The predicted molar refractivity (Wildman–Crippen MR) is 68.0 cm³/mol. The van der Waals surface area contributed by atoms with Gasteiger partial charge in [0.05, 0.1) is 0 Å². The number of rotatable bonds is 5. The Hall–Kier alpha value is -0.770. The summed E-state index contributed by atoms with van der Waals surface area (Å²) in [7, 11) is 0. The molecule has 1 aromatic heterocycles. The summed E-state index contributed by atoms with van der Waals surface area (Å²) in [4.78, 5) is 11.9. The van der Waals surface area contributed by atoms with Gasteiger partial charge in [0.2, 0.25) is 0 Å². The van der Waals surface area contributed by atoms with Crippen molar-refractivity contribution in [2.24, 2.45) is 0 Å². The van der Waals surface area contributed by atoms with E-state index in [1.165, 1.54) is 0 Å². The summed E-state index contributed by atoms with van der Waals surface area (Å²) in [5.74, 6) is 1.07. The van der Waals surface area contributed by atoms with Gasteiger partial charge in [-0.2, -0.15) is 0 Å². The molecule has 16 heavy (non-hydrogen) atoms. The lowest BCUT2D eigenvalue weighted by Crippen LogP contribution is -2.46. The van der Waals surface area contributed by atoms with E-state index in [-0.39, 0.29) is 11.4 Å². The highest BCUT2D eigenvalue weighted by atomic mass is 79.9. The highest BCUT2D eigenvalue weighted by Gasteiger charge is 2.24. The molecular formula is C12H18BrNO2. The van der Waals surface area contributed by atoms with E-state index in [4.69, 9.17) is 4.42 Å². The third kappa shape index (κ3) is 3.11. The summed E-state index contributed by atoms with van der Waals surface area (Å²) < 4.78 is 5.40. The van der Waals surface area contributed by atoms with Crippen LogP contribution in [-0.2, 0) is 6.42 Å². The maximum atomic E-state index is 11.9. The van der Waals surface area contributed by atoms with Crippen LogP contribution in [0.2, 0.25) is 0 Å². The second kappa shape index (κ2) is 5.53. The van der Waals surface area contributed by atoms with Gasteiger partial charge in [-0.25, -0.2) is 0 Å². The molecule has 1 N–H and O–H groups in total. The second-order valence-electron chi connectivity index (χ2n) is 4.12. The number of halogens is 1. The van der Waals surface area contributed by atoms with Crippen LogP contribution in [0.3, 0.4) is 0 Å². The Balaban J connectivity index is 2.71. The lowest BCUT2D eigenvalue weighted by Gasteiger charge is -2.26. The molecule has 1 amide bonds. The molecule has 0 radical (unpaired) electrons. The zero-order chi connectivity index (χ0) is 12.2. The Bertz CT molecular complexity index is 356. The Morgan fingerprint density at radius 2 is 2.19 bits per heavy atom. The van der Waals surface area contributed by atoms with Crippen LogP contribution in [0.4, 0.5) is 0 Å². The van der Waals surface area contributed by atoms with Crippen LogP contribution in [0, 0.1) is 0 Å². The van der Waals surface area contributed by atoms with Crippen LogP contribution >= 0.6 is 15.9 Å². The number of aryl methyl sites for hydroxylation is 1. The zero-order valence-electron chi connectivity index (χ0n) is 9.97. The van der Waals surface area contributed by atoms with Gasteiger partial charge < -0.3 is 9.73 Å². The van der Waals surface area contributed by atoms with Crippen LogP contribution in [0.25, 0.3) is 0 Å². The number of nitrogens with one attached hydrogen (secondary N) is 1. The number of hydrogen-bond acceptors (Lipinski definition) is 2. The van der Waals surface area contributed by atoms with Crippen molar-refractivity contribution in [2.45, 2.75) is 39.2 Å². The van der Waals surface area contributed by atoms with Gasteiger partial charge >= 0.3 is 0 Å². The minimum Gasteiger partial charge on any atom is -0.456 e. The van der Waals surface area contributed by atoms with Gasteiger partial charge in [0, 0.05) is 17.3 Å². The van der Waals surface area contributed by atoms with E-state index in [1.807, 2.05) is 26.8 Å². The van der Waals surface area contributed by atoms with Crippen molar-refractivity contribution in [3.8, 4) is 0 Å². The lowest BCUT2D eigenvalue weighted by atomic mass is 10.0. The summed E-state index contributed by atoms with van der Waals surface area (Å²) >= 11 is 3.41. The van der Waals surface area contributed by atoms with Gasteiger partial charge in [0.1, 0.15) is 5.76 Å². The molecule has 90 valence electrons. The molecule has 1 heterocycles.